The first-order valence-corrected chi connectivity index (χ1v) is 7.57. The molecule has 1 aliphatic heterocycles. The number of fused-ring (bicyclic) bond motifs is 1. The minimum absolute atomic E-state index is 0.155. The van der Waals surface area contributed by atoms with Gasteiger partial charge in [-0.2, -0.15) is 0 Å². The van der Waals surface area contributed by atoms with Crippen molar-refractivity contribution in [2.24, 2.45) is 0 Å². The van der Waals surface area contributed by atoms with Crippen LogP contribution < -0.4 is 5.32 Å². The summed E-state index contributed by atoms with van der Waals surface area (Å²) in [5.41, 5.74) is 3.49. The third-order valence-corrected chi connectivity index (χ3v) is 4.22. The first-order chi connectivity index (χ1) is 9.24. The average Bonchev–Trinajstić information content (AvgIpc) is 2.42. The molecule has 0 radical (unpaired) electrons. The Morgan fingerprint density at radius 1 is 1.21 bits per heavy atom. The molecule has 0 aliphatic carbocycles. The molecule has 1 unspecified atom stereocenters. The molecule has 1 aliphatic rings. The molecule has 0 fully saturated rings. The standard InChI is InChI=1S/C15H13ClINO/c16-13-7-11(17)5-6-14(13)18-15-9-19-8-10-3-1-2-4-12(10)15/h1-7,15,18H,8-9H2. The van der Waals surface area contributed by atoms with Gasteiger partial charge in [-0.15, -0.1) is 0 Å². The Morgan fingerprint density at radius 3 is 2.89 bits per heavy atom. The second-order valence-electron chi connectivity index (χ2n) is 4.54. The highest BCUT2D eigenvalue weighted by Gasteiger charge is 2.20. The molecule has 4 heteroatoms. The molecule has 0 amide bonds. The van der Waals surface area contributed by atoms with E-state index in [-0.39, 0.29) is 6.04 Å². The zero-order valence-electron chi connectivity index (χ0n) is 10.2. The van der Waals surface area contributed by atoms with Crippen molar-refractivity contribution in [1.82, 2.24) is 0 Å². The van der Waals surface area contributed by atoms with E-state index in [1.54, 1.807) is 0 Å². The fraction of sp³-hybridized carbons (Fsp3) is 0.200. The normalized spacial score (nSPS) is 17.9. The molecule has 0 aromatic heterocycles. The van der Waals surface area contributed by atoms with Gasteiger partial charge in [-0.1, -0.05) is 35.9 Å². The largest absolute Gasteiger partial charge is 0.375 e. The highest BCUT2D eigenvalue weighted by Crippen LogP contribution is 2.31. The molecule has 1 heterocycles. The number of nitrogens with one attached hydrogen (secondary N) is 1. The van der Waals surface area contributed by atoms with Crippen LogP contribution in [0.1, 0.15) is 17.2 Å². The van der Waals surface area contributed by atoms with Crippen molar-refractivity contribution >= 4 is 39.9 Å². The summed E-state index contributed by atoms with van der Waals surface area (Å²) in [5.74, 6) is 0. The summed E-state index contributed by atoms with van der Waals surface area (Å²) in [6.07, 6.45) is 0. The second kappa shape index (κ2) is 5.69. The Morgan fingerprint density at radius 2 is 2.05 bits per heavy atom. The highest BCUT2D eigenvalue weighted by atomic mass is 127. The molecular formula is C15H13ClINO. The van der Waals surface area contributed by atoms with Crippen molar-refractivity contribution in [3.63, 3.8) is 0 Å². The van der Waals surface area contributed by atoms with Crippen LogP contribution in [-0.4, -0.2) is 6.61 Å². The van der Waals surface area contributed by atoms with Crippen molar-refractivity contribution in [1.29, 1.82) is 0 Å². The molecule has 0 spiro atoms. The van der Waals surface area contributed by atoms with Crippen molar-refractivity contribution in [3.05, 3.63) is 62.2 Å². The van der Waals surface area contributed by atoms with Crippen LogP contribution >= 0.6 is 34.2 Å². The van der Waals surface area contributed by atoms with Gasteiger partial charge in [0, 0.05) is 3.57 Å². The number of ether oxygens (including phenoxy) is 1. The first kappa shape index (κ1) is 13.2. The lowest BCUT2D eigenvalue weighted by Crippen LogP contribution is -2.23. The zero-order chi connectivity index (χ0) is 13.2. The lowest BCUT2D eigenvalue weighted by Gasteiger charge is -2.27. The number of hydrogen-bond donors (Lipinski definition) is 1. The molecule has 98 valence electrons. The Kier molecular flexibility index (Phi) is 3.96. The second-order valence-corrected chi connectivity index (χ2v) is 6.19. The van der Waals surface area contributed by atoms with Crippen molar-refractivity contribution in [2.45, 2.75) is 12.6 Å². The van der Waals surface area contributed by atoms with Crippen LogP contribution in [0.5, 0.6) is 0 Å². The summed E-state index contributed by atoms with van der Waals surface area (Å²) >= 11 is 8.52. The monoisotopic (exact) mass is 385 g/mol. The summed E-state index contributed by atoms with van der Waals surface area (Å²) in [5, 5.41) is 4.22. The Labute approximate surface area is 131 Å². The predicted octanol–water partition coefficient (Wildman–Crippen LogP) is 4.63. The number of hydrogen-bond acceptors (Lipinski definition) is 2. The summed E-state index contributed by atoms with van der Waals surface area (Å²) in [7, 11) is 0. The van der Waals surface area contributed by atoms with Gasteiger partial charge in [-0.05, 0) is 51.9 Å². The summed E-state index contributed by atoms with van der Waals surface area (Å²) in [4.78, 5) is 0. The minimum atomic E-state index is 0.155. The zero-order valence-corrected chi connectivity index (χ0v) is 13.1. The first-order valence-electron chi connectivity index (χ1n) is 6.11. The van der Waals surface area contributed by atoms with Crippen LogP contribution in [0.2, 0.25) is 5.02 Å². The van der Waals surface area contributed by atoms with E-state index in [1.165, 1.54) is 11.1 Å². The van der Waals surface area contributed by atoms with E-state index in [2.05, 4.69) is 46.1 Å². The van der Waals surface area contributed by atoms with Gasteiger partial charge in [0.15, 0.2) is 0 Å². The van der Waals surface area contributed by atoms with Crippen LogP contribution in [0.3, 0.4) is 0 Å². The molecule has 2 aromatic rings. The average molecular weight is 386 g/mol. The highest BCUT2D eigenvalue weighted by molar-refractivity contribution is 14.1. The van der Waals surface area contributed by atoms with Gasteiger partial charge in [0.05, 0.1) is 30.0 Å². The van der Waals surface area contributed by atoms with Gasteiger partial charge in [-0.25, -0.2) is 0 Å². The lowest BCUT2D eigenvalue weighted by molar-refractivity contribution is 0.0970. The van der Waals surface area contributed by atoms with E-state index in [1.807, 2.05) is 24.3 Å². The van der Waals surface area contributed by atoms with Crippen LogP contribution in [0.15, 0.2) is 42.5 Å². The van der Waals surface area contributed by atoms with Crippen LogP contribution in [0.4, 0.5) is 5.69 Å². The molecule has 0 bridgehead atoms. The SMILES string of the molecule is Clc1cc(I)ccc1NC1COCc2ccccc21. The van der Waals surface area contributed by atoms with E-state index in [4.69, 9.17) is 16.3 Å². The van der Waals surface area contributed by atoms with E-state index < -0.39 is 0 Å². The Balaban J connectivity index is 1.88. The molecule has 0 saturated heterocycles. The summed E-state index contributed by atoms with van der Waals surface area (Å²) < 4.78 is 6.77. The molecule has 2 nitrogen and oxygen atoms in total. The number of anilines is 1. The molecule has 3 rings (SSSR count). The van der Waals surface area contributed by atoms with Gasteiger partial charge < -0.3 is 10.1 Å². The minimum Gasteiger partial charge on any atom is -0.375 e. The van der Waals surface area contributed by atoms with Crippen molar-refractivity contribution in [3.8, 4) is 0 Å². The number of rotatable bonds is 2. The predicted molar refractivity (Wildman–Crippen MR) is 86.6 cm³/mol. The van der Waals surface area contributed by atoms with E-state index in [9.17, 15) is 0 Å². The van der Waals surface area contributed by atoms with E-state index in [0.717, 1.165) is 14.3 Å². The van der Waals surface area contributed by atoms with Crippen molar-refractivity contribution < 1.29 is 4.74 Å². The van der Waals surface area contributed by atoms with Crippen LogP contribution in [0.25, 0.3) is 0 Å². The smallest absolute Gasteiger partial charge is 0.0751 e. The number of benzene rings is 2. The Bertz CT molecular complexity index is 602. The van der Waals surface area contributed by atoms with Gasteiger partial charge in [0.2, 0.25) is 0 Å². The maximum absolute atomic E-state index is 6.27. The third kappa shape index (κ3) is 2.88. The number of halogens is 2. The van der Waals surface area contributed by atoms with Gasteiger partial charge in [-0.3, -0.25) is 0 Å². The van der Waals surface area contributed by atoms with Crippen LogP contribution in [0, 0.1) is 3.57 Å². The molecule has 2 aromatic carbocycles. The van der Waals surface area contributed by atoms with Gasteiger partial charge in [0.25, 0.3) is 0 Å². The third-order valence-electron chi connectivity index (χ3n) is 3.23. The molecular weight excluding hydrogens is 373 g/mol. The topological polar surface area (TPSA) is 21.3 Å². The molecule has 0 saturated carbocycles. The van der Waals surface area contributed by atoms with Crippen LogP contribution in [-0.2, 0) is 11.3 Å². The van der Waals surface area contributed by atoms with Crippen molar-refractivity contribution in [2.75, 3.05) is 11.9 Å². The Hall–Kier alpha value is -0.780. The quantitative estimate of drug-likeness (QED) is 0.761. The molecule has 1 N–H and O–H groups in total. The van der Waals surface area contributed by atoms with Gasteiger partial charge in [0.1, 0.15) is 0 Å². The fourth-order valence-electron chi connectivity index (χ4n) is 2.30. The molecule has 1 atom stereocenters. The van der Waals surface area contributed by atoms with E-state index >= 15 is 0 Å². The maximum atomic E-state index is 6.27. The summed E-state index contributed by atoms with van der Waals surface area (Å²) in [6.45, 7) is 1.36. The van der Waals surface area contributed by atoms with Gasteiger partial charge >= 0.3 is 0 Å². The lowest BCUT2D eigenvalue weighted by atomic mass is 9.99. The summed E-state index contributed by atoms with van der Waals surface area (Å²) in [6, 6.07) is 14.5. The maximum Gasteiger partial charge on any atom is 0.0751 e. The fourth-order valence-corrected chi connectivity index (χ4v) is 3.21. The van der Waals surface area contributed by atoms with E-state index in [0.29, 0.717) is 13.2 Å². The molecule has 19 heavy (non-hydrogen) atoms.